The number of aromatic nitrogens is 4. The summed E-state index contributed by atoms with van der Waals surface area (Å²) in [6.07, 6.45) is 9.13. The Morgan fingerprint density at radius 3 is 2.75 bits per heavy atom. The van der Waals surface area contributed by atoms with E-state index >= 15 is 0 Å². The SMILES string of the molecule is CC(C)c1nccn1-c1cccc([C@H]2CCCN(C(=O)c3ccncc3)C2)n1. The fourth-order valence-corrected chi connectivity index (χ4v) is 3.82. The lowest BCUT2D eigenvalue weighted by Gasteiger charge is -2.32. The molecular weight excluding hydrogens is 350 g/mol. The first-order chi connectivity index (χ1) is 13.6. The minimum atomic E-state index is 0.0694. The van der Waals surface area contributed by atoms with E-state index in [1.807, 2.05) is 29.4 Å². The Kier molecular flexibility index (Phi) is 5.19. The van der Waals surface area contributed by atoms with E-state index in [0.717, 1.165) is 36.7 Å². The van der Waals surface area contributed by atoms with Crippen LogP contribution in [0.15, 0.2) is 55.1 Å². The molecule has 4 heterocycles. The zero-order valence-corrected chi connectivity index (χ0v) is 16.3. The van der Waals surface area contributed by atoms with Crippen molar-refractivity contribution in [2.75, 3.05) is 13.1 Å². The van der Waals surface area contributed by atoms with Gasteiger partial charge in [-0.1, -0.05) is 19.9 Å². The lowest BCUT2D eigenvalue weighted by molar-refractivity contribution is 0.0706. The molecule has 0 aromatic carbocycles. The Balaban J connectivity index is 1.56. The highest BCUT2D eigenvalue weighted by Crippen LogP contribution is 2.27. The van der Waals surface area contributed by atoms with Crippen LogP contribution in [0, 0.1) is 0 Å². The molecule has 6 nitrogen and oxygen atoms in total. The third-order valence-electron chi connectivity index (χ3n) is 5.24. The van der Waals surface area contributed by atoms with Crippen molar-refractivity contribution < 1.29 is 4.79 Å². The smallest absolute Gasteiger partial charge is 0.253 e. The second-order valence-corrected chi connectivity index (χ2v) is 7.56. The lowest BCUT2D eigenvalue weighted by atomic mass is 9.94. The van der Waals surface area contributed by atoms with Gasteiger partial charge in [0.1, 0.15) is 11.6 Å². The van der Waals surface area contributed by atoms with Gasteiger partial charge in [0.25, 0.3) is 5.91 Å². The molecule has 1 amide bonds. The molecule has 28 heavy (non-hydrogen) atoms. The number of nitrogens with zero attached hydrogens (tertiary/aromatic N) is 5. The fraction of sp³-hybridized carbons (Fsp3) is 0.364. The normalized spacial score (nSPS) is 17.1. The van der Waals surface area contributed by atoms with Gasteiger partial charge in [0.05, 0.1) is 0 Å². The van der Waals surface area contributed by atoms with E-state index in [2.05, 4.69) is 34.4 Å². The standard InChI is InChI=1S/C22H25N5O/c1-16(2)21-24-12-14-27(21)20-7-3-6-19(25-20)18-5-4-13-26(15-18)22(28)17-8-10-23-11-9-17/h3,6-12,14,16,18H,4-5,13,15H2,1-2H3/t18-/m0/s1. The van der Waals surface area contributed by atoms with Crippen molar-refractivity contribution in [3.05, 3.63) is 72.2 Å². The molecule has 6 heteroatoms. The van der Waals surface area contributed by atoms with Crippen molar-refractivity contribution in [2.24, 2.45) is 0 Å². The van der Waals surface area contributed by atoms with Crippen LogP contribution >= 0.6 is 0 Å². The highest BCUT2D eigenvalue weighted by atomic mass is 16.2. The second-order valence-electron chi connectivity index (χ2n) is 7.56. The van der Waals surface area contributed by atoms with Crippen molar-refractivity contribution in [2.45, 2.75) is 38.5 Å². The number of hydrogen-bond acceptors (Lipinski definition) is 4. The Morgan fingerprint density at radius 1 is 1.14 bits per heavy atom. The molecular formula is C22H25N5O. The summed E-state index contributed by atoms with van der Waals surface area (Å²) < 4.78 is 2.05. The summed E-state index contributed by atoms with van der Waals surface area (Å²) in [5.74, 6) is 2.52. The summed E-state index contributed by atoms with van der Waals surface area (Å²) >= 11 is 0. The van der Waals surface area contributed by atoms with Crippen LogP contribution in [0.4, 0.5) is 0 Å². The molecule has 3 aromatic rings. The van der Waals surface area contributed by atoms with E-state index in [-0.39, 0.29) is 11.8 Å². The molecule has 0 radical (unpaired) electrons. The molecule has 4 rings (SSSR count). The zero-order valence-electron chi connectivity index (χ0n) is 16.3. The lowest BCUT2D eigenvalue weighted by Crippen LogP contribution is -2.39. The van der Waals surface area contributed by atoms with Gasteiger partial charge < -0.3 is 4.90 Å². The van der Waals surface area contributed by atoms with Crippen molar-refractivity contribution in [3.8, 4) is 5.82 Å². The average Bonchev–Trinajstić information content (AvgIpc) is 3.24. The molecule has 1 fully saturated rings. The van der Waals surface area contributed by atoms with Gasteiger partial charge in [0.15, 0.2) is 0 Å². The van der Waals surface area contributed by atoms with Crippen LogP contribution < -0.4 is 0 Å². The number of imidazole rings is 1. The first kappa shape index (κ1) is 18.3. The van der Waals surface area contributed by atoms with E-state index in [9.17, 15) is 4.79 Å². The summed E-state index contributed by atoms with van der Waals surface area (Å²) in [6.45, 7) is 5.74. The number of likely N-dealkylation sites (tertiary alicyclic amines) is 1. The van der Waals surface area contributed by atoms with Crippen LogP contribution in [0.1, 0.15) is 60.4 Å². The molecule has 0 bridgehead atoms. The number of carbonyl (C=O) groups excluding carboxylic acids is 1. The maximum atomic E-state index is 12.8. The van der Waals surface area contributed by atoms with Gasteiger partial charge in [-0.05, 0) is 37.1 Å². The quantitative estimate of drug-likeness (QED) is 0.696. The molecule has 0 N–H and O–H groups in total. The highest BCUT2D eigenvalue weighted by Gasteiger charge is 2.26. The number of amides is 1. The maximum Gasteiger partial charge on any atom is 0.253 e. The number of rotatable bonds is 4. The Labute approximate surface area is 165 Å². The van der Waals surface area contributed by atoms with E-state index in [1.165, 1.54) is 0 Å². The summed E-state index contributed by atoms with van der Waals surface area (Å²) in [7, 11) is 0. The second kappa shape index (κ2) is 7.92. The van der Waals surface area contributed by atoms with Crippen LogP contribution in [0.5, 0.6) is 0 Å². The maximum absolute atomic E-state index is 12.8. The van der Waals surface area contributed by atoms with E-state index in [1.54, 1.807) is 24.5 Å². The summed E-state index contributed by atoms with van der Waals surface area (Å²) in [5, 5.41) is 0. The first-order valence-corrected chi connectivity index (χ1v) is 9.83. The number of hydrogen-bond donors (Lipinski definition) is 0. The third kappa shape index (κ3) is 3.67. The average molecular weight is 375 g/mol. The predicted octanol–water partition coefficient (Wildman–Crippen LogP) is 3.81. The molecule has 1 aliphatic heterocycles. The summed E-state index contributed by atoms with van der Waals surface area (Å²) in [4.78, 5) is 28.1. The molecule has 1 aliphatic rings. The highest BCUT2D eigenvalue weighted by molar-refractivity contribution is 5.94. The number of pyridine rings is 2. The minimum Gasteiger partial charge on any atom is -0.338 e. The van der Waals surface area contributed by atoms with Crippen LogP contribution in [0.3, 0.4) is 0 Å². The molecule has 144 valence electrons. The largest absolute Gasteiger partial charge is 0.338 e. The molecule has 0 aliphatic carbocycles. The van der Waals surface area contributed by atoms with Crippen LogP contribution in [0.2, 0.25) is 0 Å². The molecule has 3 aromatic heterocycles. The van der Waals surface area contributed by atoms with Crippen LogP contribution in [-0.4, -0.2) is 43.4 Å². The monoisotopic (exact) mass is 375 g/mol. The molecule has 1 saturated heterocycles. The van der Waals surface area contributed by atoms with Crippen molar-refractivity contribution in [1.29, 1.82) is 0 Å². The van der Waals surface area contributed by atoms with Gasteiger partial charge in [0, 0.05) is 61.0 Å². The topological polar surface area (TPSA) is 63.9 Å². The summed E-state index contributed by atoms with van der Waals surface area (Å²) in [5.41, 5.74) is 1.73. The molecule has 0 unspecified atom stereocenters. The summed E-state index contributed by atoms with van der Waals surface area (Å²) in [6, 6.07) is 9.68. The van der Waals surface area contributed by atoms with Gasteiger partial charge in [-0.15, -0.1) is 0 Å². The van der Waals surface area contributed by atoms with Crippen LogP contribution in [0.25, 0.3) is 5.82 Å². The Hall–Kier alpha value is -3.02. The van der Waals surface area contributed by atoms with E-state index in [4.69, 9.17) is 4.98 Å². The number of piperidine rings is 1. The van der Waals surface area contributed by atoms with Gasteiger partial charge in [-0.3, -0.25) is 14.3 Å². The van der Waals surface area contributed by atoms with Gasteiger partial charge in [-0.2, -0.15) is 0 Å². The van der Waals surface area contributed by atoms with Gasteiger partial charge in [-0.25, -0.2) is 9.97 Å². The van der Waals surface area contributed by atoms with Crippen molar-refractivity contribution in [3.63, 3.8) is 0 Å². The number of carbonyl (C=O) groups is 1. The molecule has 1 atom stereocenters. The predicted molar refractivity (Wildman–Crippen MR) is 108 cm³/mol. The van der Waals surface area contributed by atoms with E-state index < -0.39 is 0 Å². The van der Waals surface area contributed by atoms with Gasteiger partial charge in [0.2, 0.25) is 0 Å². The van der Waals surface area contributed by atoms with Crippen LogP contribution in [-0.2, 0) is 0 Å². The van der Waals surface area contributed by atoms with Crippen molar-refractivity contribution in [1.82, 2.24) is 24.4 Å². The minimum absolute atomic E-state index is 0.0694. The molecule has 0 saturated carbocycles. The third-order valence-corrected chi connectivity index (χ3v) is 5.24. The Morgan fingerprint density at radius 2 is 1.96 bits per heavy atom. The Bertz CT molecular complexity index is 950. The van der Waals surface area contributed by atoms with Gasteiger partial charge >= 0.3 is 0 Å². The first-order valence-electron chi connectivity index (χ1n) is 9.83. The van der Waals surface area contributed by atoms with E-state index in [0.29, 0.717) is 18.0 Å². The van der Waals surface area contributed by atoms with Crippen molar-refractivity contribution >= 4 is 5.91 Å². The molecule has 0 spiro atoms. The fourth-order valence-electron chi connectivity index (χ4n) is 3.82. The zero-order chi connectivity index (χ0) is 19.5.